The summed E-state index contributed by atoms with van der Waals surface area (Å²) in [5, 5.41) is 11.1. The Morgan fingerprint density at radius 2 is 1.85 bits per heavy atom. The average Bonchev–Trinajstić information content (AvgIpc) is 3.24. The molecule has 1 amide bonds. The largest absolute Gasteiger partial charge is 0.368 e. The van der Waals surface area contributed by atoms with E-state index in [1.807, 2.05) is 17.0 Å². The Morgan fingerprint density at radius 1 is 1.07 bits per heavy atom. The van der Waals surface area contributed by atoms with E-state index >= 15 is 0 Å². The lowest BCUT2D eigenvalue weighted by Gasteiger charge is -2.36. The molecule has 2 aliphatic rings. The van der Waals surface area contributed by atoms with Crippen molar-refractivity contribution in [3.8, 4) is 0 Å². The van der Waals surface area contributed by atoms with E-state index in [-0.39, 0.29) is 11.7 Å². The molecular formula is C19H22FN5O2. The predicted octanol–water partition coefficient (Wildman–Crippen LogP) is 2.06. The summed E-state index contributed by atoms with van der Waals surface area (Å²) in [5.74, 6) is 0.799. The van der Waals surface area contributed by atoms with Gasteiger partial charge in [0.2, 0.25) is 0 Å². The third kappa shape index (κ3) is 4.00. The van der Waals surface area contributed by atoms with Crippen LogP contribution in [-0.2, 0) is 9.53 Å². The predicted molar refractivity (Wildman–Crippen MR) is 100 cm³/mol. The number of benzene rings is 1. The van der Waals surface area contributed by atoms with Crippen molar-refractivity contribution in [2.45, 2.75) is 18.9 Å². The number of aromatic nitrogens is 2. The van der Waals surface area contributed by atoms with Gasteiger partial charge in [0.1, 0.15) is 11.9 Å². The molecular weight excluding hydrogens is 349 g/mol. The van der Waals surface area contributed by atoms with Gasteiger partial charge in [0, 0.05) is 32.8 Å². The van der Waals surface area contributed by atoms with Crippen molar-refractivity contribution in [3.05, 3.63) is 42.2 Å². The van der Waals surface area contributed by atoms with Crippen LogP contribution >= 0.6 is 0 Å². The van der Waals surface area contributed by atoms with E-state index in [0.29, 0.717) is 31.2 Å². The summed E-state index contributed by atoms with van der Waals surface area (Å²) in [5.41, 5.74) is 0.635. The molecule has 1 unspecified atom stereocenters. The number of halogens is 1. The van der Waals surface area contributed by atoms with Gasteiger partial charge >= 0.3 is 0 Å². The first-order valence-electron chi connectivity index (χ1n) is 9.21. The normalized spacial score (nSPS) is 20.0. The number of ether oxygens (including phenoxy) is 1. The van der Waals surface area contributed by atoms with Crippen LogP contribution in [0.5, 0.6) is 0 Å². The fourth-order valence-corrected chi connectivity index (χ4v) is 3.44. The van der Waals surface area contributed by atoms with E-state index in [0.717, 1.165) is 31.7 Å². The Kier molecular flexibility index (Phi) is 5.15. The Bertz CT molecular complexity index is 787. The van der Waals surface area contributed by atoms with Crippen LogP contribution in [0.25, 0.3) is 0 Å². The summed E-state index contributed by atoms with van der Waals surface area (Å²) in [6, 6.07) is 10.4. The van der Waals surface area contributed by atoms with Gasteiger partial charge < -0.3 is 19.9 Å². The Balaban J connectivity index is 1.33. The van der Waals surface area contributed by atoms with E-state index in [1.54, 1.807) is 18.2 Å². The molecule has 8 heteroatoms. The Labute approximate surface area is 157 Å². The molecule has 1 aromatic carbocycles. The number of hydrogen-bond donors (Lipinski definition) is 1. The Morgan fingerprint density at radius 3 is 2.52 bits per heavy atom. The van der Waals surface area contributed by atoms with Crippen LogP contribution in [0.4, 0.5) is 21.7 Å². The van der Waals surface area contributed by atoms with Gasteiger partial charge in [0.05, 0.1) is 5.69 Å². The number of amides is 1. The van der Waals surface area contributed by atoms with Crippen molar-refractivity contribution in [1.82, 2.24) is 10.2 Å². The molecule has 1 N–H and O–H groups in total. The number of nitrogens with one attached hydrogen (secondary N) is 1. The minimum atomic E-state index is -0.391. The third-order valence-corrected chi connectivity index (χ3v) is 4.92. The number of carbonyl (C=O) groups excluding carboxylic acids is 1. The molecule has 0 saturated carbocycles. The van der Waals surface area contributed by atoms with E-state index in [2.05, 4.69) is 20.4 Å². The number of anilines is 3. The molecule has 142 valence electrons. The van der Waals surface area contributed by atoms with E-state index in [9.17, 15) is 9.18 Å². The molecule has 0 spiro atoms. The zero-order chi connectivity index (χ0) is 18.6. The highest BCUT2D eigenvalue weighted by molar-refractivity contribution is 5.93. The number of hydrogen-bond acceptors (Lipinski definition) is 6. The van der Waals surface area contributed by atoms with E-state index < -0.39 is 6.10 Å². The van der Waals surface area contributed by atoms with Crippen molar-refractivity contribution < 1.29 is 13.9 Å². The standard InChI is InChI=1S/C19H22FN5O2/c20-14-4-1-2-5-15(14)24-9-11-25(12-10-24)18-8-7-17(22-23-18)21-19(26)16-6-3-13-27-16/h1-2,4-5,7-8,16H,3,6,9-13H2,(H,21,22,26). The second-order valence-electron chi connectivity index (χ2n) is 6.69. The van der Waals surface area contributed by atoms with E-state index in [4.69, 9.17) is 4.74 Å². The first kappa shape index (κ1) is 17.7. The summed E-state index contributed by atoms with van der Waals surface area (Å²) in [6.45, 7) is 3.50. The Hall–Kier alpha value is -2.74. The lowest BCUT2D eigenvalue weighted by atomic mass is 10.2. The first-order valence-corrected chi connectivity index (χ1v) is 9.21. The molecule has 1 aromatic heterocycles. The molecule has 2 saturated heterocycles. The van der Waals surface area contributed by atoms with Crippen molar-refractivity contribution >= 4 is 23.2 Å². The molecule has 1 atom stereocenters. The number of piperazine rings is 1. The minimum Gasteiger partial charge on any atom is -0.368 e. The van der Waals surface area contributed by atoms with Gasteiger partial charge in [0.25, 0.3) is 5.91 Å². The maximum absolute atomic E-state index is 13.9. The van der Waals surface area contributed by atoms with Crippen LogP contribution in [-0.4, -0.2) is 55.0 Å². The van der Waals surface area contributed by atoms with Gasteiger partial charge in [-0.3, -0.25) is 4.79 Å². The lowest BCUT2D eigenvalue weighted by Crippen LogP contribution is -2.47. The molecule has 2 fully saturated rings. The second-order valence-corrected chi connectivity index (χ2v) is 6.69. The molecule has 4 rings (SSSR count). The molecule has 7 nitrogen and oxygen atoms in total. The molecule has 0 bridgehead atoms. The summed E-state index contributed by atoms with van der Waals surface area (Å²) < 4.78 is 19.3. The summed E-state index contributed by atoms with van der Waals surface area (Å²) in [7, 11) is 0. The number of rotatable bonds is 4. The highest BCUT2D eigenvalue weighted by atomic mass is 19.1. The summed E-state index contributed by atoms with van der Waals surface area (Å²) in [6.07, 6.45) is 1.25. The molecule has 0 aliphatic carbocycles. The summed E-state index contributed by atoms with van der Waals surface area (Å²) >= 11 is 0. The number of para-hydroxylation sites is 1. The van der Waals surface area contributed by atoms with Crippen LogP contribution in [0.1, 0.15) is 12.8 Å². The van der Waals surface area contributed by atoms with Crippen LogP contribution in [0, 0.1) is 5.82 Å². The summed E-state index contributed by atoms with van der Waals surface area (Å²) in [4.78, 5) is 16.2. The molecule has 27 heavy (non-hydrogen) atoms. The topological polar surface area (TPSA) is 70.6 Å². The van der Waals surface area contributed by atoms with Crippen molar-refractivity contribution in [1.29, 1.82) is 0 Å². The highest BCUT2D eigenvalue weighted by Gasteiger charge is 2.24. The maximum atomic E-state index is 13.9. The van der Waals surface area contributed by atoms with Crippen LogP contribution in [0.15, 0.2) is 36.4 Å². The molecule has 2 aromatic rings. The van der Waals surface area contributed by atoms with Gasteiger partial charge in [-0.25, -0.2) is 4.39 Å². The fraction of sp³-hybridized carbons (Fsp3) is 0.421. The van der Waals surface area contributed by atoms with Crippen molar-refractivity contribution in [2.24, 2.45) is 0 Å². The van der Waals surface area contributed by atoms with E-state index in [1.165, 1.54) is 6.07 Å². The average molecular weight is 371 g/mol. The van der Waals surface area contributed by atoms with Crippen LogP contribution < -0.4 is 15.1 Å². The third-order valence-electron chi connectivity index (χ3n) is 4.92. The quantitative estimate of drug-likeness (QED) is 0.887. The number of nitrogens with zero attached hydrogens (tertiary/aromatic N) is 4. The monoisotopic (exact) mass is 371 g/mol. The zero-order valence-corrected chi connectivity index (χ0v) is 15.0. The van der Waals surface area contributed by atoms with Crippen LogP contribution in [0.3, 0.4) is 0 Å². The second kappa shape index (κ2) is 7.87. The lowest BCUT2D eigenvalue weighted by molar-refractivity contribution is -0.124. The van der Waals surface area contributed by atoms with Crippen molar-refractivity contribution in [3.63, 3.8) is 0 Å². The first-order chi connectivity index (χ1) is 13.2. The van der Waals surface area contributed by atoms with Crippen LogP contribution in [0.2, 0.25) is 0 Å². The molecule has 3 heterocycles. The number of carbonyl (C=O) groups is 1. The van der Waals surface area contributed by atoms with Gasteiger partial charge in [-0.2, -0.15) is 0 Å². The van der Waals surface area contributed by atoms with Gasteiger partial charge in [-0.15, -0.1) is 10.2 Å². The minimum absolute atomic E-state index is 0.173. The molecule has 2 aliphatic heterocycles. The smallest absolute Gasteiger partial charge is 0.254 e. The van der Waals surface area contributed by atoms with Gasteiger partial charge in [0.15, 0.2) is 11.6 Å². The van der Waals surface area contributed by atoms with Crippen molar-refractivity contribution in [2.75, 3.05) is 47.9 Å². The maximum Gasteiger partial charge on any atom is 0.254 e. The fourth-order valence-electron chi connectivity index (χ4n) is 3.44. The SMILES string of the molecule is O=C(Nc1ccc(N2CCN(c3ccccc3F)CC2)nn1)C1CCCO1. The molecule has 0 radical (unpaired) electrons. The zero-order valence-electron chi connectivity index (χ0n) is 15.0. The van der Waals surface area contributed by atoms with Gasteiger partial charge in [-0.05, 0) is 37.1 Å². The van der Waals surface area contributed by atoms with Gasteiger partial charge in [-0.1, -0.05) is 12.1 Å². The highest BCUT2D eigenvalue weighted by Crippen LogP contribution is 2.22.